The minimum atomic E-state index is -1.14. The van der Waals surface area contributed by atoms with Crippen LogP contribution < -0.4 is 9.47 Å². The van der Waals surface area contributed by atoms with Crippen LogP contribution in [0.4, 0.5) is 4.79 Å². The summed E-state index contributed by atoms with van der Waals surface area (Å²) < 4.78 is 16.7. The van der Waals surface area contributed by atoms with Gasteiger partial charge in [0.15, 0.2) is 11.5 Å². The Balaban J connectivity index is 1.71. The van der Waals surface area contributed by atoms with E-state index in [0.717, 1.165) is 17.1 Å². The Kier molecular flexibility index (Phi) is 6.45. The van der Waals surface area contributed by atoms with Crippen LogP contribution in [-0.4, -0.2) is 77.5 Å². The first-order valence-corrected chi connectivity index (χ1v) is 10.5. The molecule has 0 spiro atoms. The highest BCUT2D eigenvalue weighted by Crippen LogP contribution is 2.32. The van der Waals surface area contributed by atoms with Gasteiger partial charge in [-0.15, -0.1) is 0 Å². The van der Waals surface area contributed by atoms with Crippen molar-refractivity contribution in [2.75, 3.05) is 39.4 Å². The molecule has 1 saturated heterocycles. The van der Waals surface area contributed by atoms with Gasteiger partial charge in [-0.3, -0.25) is 9.69 Å². The number of carboxylic acids is 1. The summed E-state index contributed by atoms with van der Waals surface area (Å²) in [6, 6.07) is 5.84. The van der Waals surface area contributed by atoms with E-state index < -0.39 is 23.2 Å². The molecule has 1 fully saturated rings. The van der Waals surface area contributed by atoms with Crippen LogP contribution in [0.15, 0.2) is 18.2 Å². The summed E-state index contributed by atoms with van der Waals surface area (Å²) in [5.74, 6) is 0.554. The Bertz CT molecular complexity index is 790. The zero-order valence-electron chi connectivity index (χ0n) is 18.3. The van der Waals surface area contributed by atoms with E-state index in [1.807, 2.05) is 30.0 Å². The van der Waals surface area contributed by atoms with Crippen LogP contribution in [0.1, 0.15) is 39.7 Å². The molecule has 1 atom stereocenters. The molecule has 0 radical (unpaired) electrons. The second-order valence-electron chi connectivity index (χ2n) is 8.81. The Hall–Kier alpha value is -2.48. The van der Waals surface area contributed by atoms with E-state index in [0.29, 0.717) is 45.7 Å². The standard InChI is InChI=1S/C22H32N2O6/c1-5-22(19(25)26)15-23(20(27)30-21(2,3)4)10-11-24(22)9-8-16-6-7-17-18(14-16)29-13-12-28-17/h6-7,14H,5,8-13,15H2,1-4H3,(H,25,26). The fourth-order valence-electron chi connectivity index (χ4n) is 3.96. The van der Waals surface area contributed by atoms with Gasteiger partial charge in [0.05, 0.1) is 6.54 Å². The van der Waals surface area contributed by atoms with Crippen molar-refractivity contribution in [3.63, 3.8) is 0 Å². The fourth-order valence-corrected chi connectivity index (χ4v) is 3.96. The molecule has 0 aromatic heterocycles. The molecular weight excluding hydrogens is 388 g/mol. The Labute approximate surface area is 177 Å². The average molecular weight is 421 g/mol. The van der Waals surface area contributed by atoms with E-state index in [2.05, 4.69) is 0 Å². The third-order valence-corrected chi connectivity index (χ3v) is 5.61. The molecule has 1 unspecified atom stereocenters. The molecule has 8 heteroatoms. The number of hydrogen-bond donors (Lipinski definition) is 1. The van der Waals surface area contributed by atoms with Crippen LogP contribution in [0.5, 0.6) is 11.5 Å². The molecule has 1 aromatic carbocycles. The van der Waals surface area contributed by atoms with Crippen molar-refractivity contribution < 1.29 is 28.9 Å². The van der Waals surface area contributed by atoms with E-state index in [9.17, 15) is 14.7 Å². The number of ether oxygens (including phenoxy) is 3. The Morgan fingerprint density at radius 1 is 1.17 bits per heavy atom. The van der Waals surface area contributed by atoms with Gasteiger partial charge in [0, 0.05) is 19.6 Å². The predicted octanol–water partition coefficient (Wildman–Crippen LogP) is 2.79. The van der Waals surface area contributed by atoms with Crippen LogP contribution >= 0.6 is 0 Å². The fraction of sp³-hybridized carbons (Fsp3) is 0.636. The molecule has 30 heavy (non-hydrogen) atoms. The van der Waals surface area contributed by atoms with Crippen molar-refractivity contribution in [2.24, 2.45) is 0 Å². The third-order valence-electron chi connectivity index (χ3n) is 5.61. The summed E-state index contributed by atoms with van der Waals surface area (Å²) in [6.07, 6.45) is 0.606. The predicted molar refractivity (Wildman–Crippen MR) is 111 cm³/mol. The molecule has 1 amide bonds. The number of amides is 1. The van der Waals surface area contributed by atoms with Crippen molar-refractivity contribution in [1.82, 2.24) is 9.80 Å². The van der Waals surface area contributed by atoms with Gasteiger partial charge in [0.2, 0.25) is 0 Å². The van der Waals surface area contributed by atoms with Crippen molar-refractivity contribution in [3.8, 4) is 11.5 Å². The van der Waals surface area contributed by atoms with Crippen molar-refractivity contribution in [2.45, 2.75) is 51.7 Å². The van der Waals surface area contributed by atoms with Gasteiger partial charge < -0.3 is 24.2 Å². The number of aliphatic carboxylic acids is 1. The third kappa shape index (κ3) is 4.80. The van der Waals surface area contributed by atoms with Gasteiger partial charge in [-0.2, -0.15) is 0 Å². The maximum atomic E-state index is 12.5. The van der Waals surface area contributed by atoms with Gasteiger partial charge in [0.1, 0.15) is 24.4 Å². The molecule has 2 aliphatic rings. The minimum absolute atomic E-state index is 0.106. The normalized spacial score (nSPS) is 21.9. The number of piperazine rings is 1. The monoisotopic (exact) mass is 420 g/mol. The second-order valence-corrected chi connectivity index (χ2v) is 8.81. The summed E-state index contributed by atoms with van der Waals surface area (Å²) in [5.41, 5.74) is -0.697. The summed E-state index contributed by atoms with van der Waals surface area (Å²) in [6.45, 7) is 9.93. The molecule has 0 bridgehead atoms. The zero-order chi connectivity index (χ0) is 21.9. The molecule has 1 aromatic rings. The minimum Gasteiger partial charge on any atom is -0.486 e. The largest absolute Gasteiger partial charge is 0.486 e. The number of carbonyl (C=O) groups is 2. The topological polar surface area (TPSA) is 88.5 Å². The molecule has 2 aliphatic heterocycles. The smallest absolute Gasteiger partial charge is 0.410 e. The number of fused-ring (bicyclic) bond motifs is 1. The first-order valence-electron chi connectivity index (χ1n) is 10.5. The first kappa shape index (κ1) is 22.2. The van der Waals surface area contributed by atoms with Crippen LogP contribution in [0.25, 0.3) is 0 Å². The molecule has 1 N–H and O–H groups in total. The molecular formula is C22H32N2O6. The Morgan fingerprint density at radius 3 is 2.50 bits per heavy atom. The highest BCUT2D eigenvalue weighted by molar-refractivity contribution is 5.81. The molecule has 3 rings (SSSR count). The first-order chi connectivity index (χ1) is 14.1. The highest BCUT2D eigenvalue weighted by atomic mass is 16.6. The number of carboxylic acid groups (broad SMARTS) is 1. The average Bonchev–Trinajstić information content (AvgIpc) is 2.70. The molecule has 2 heterocycles. The quantitative estimate of drug-likeness (QED) is 0.783. The van der Waals surface area contributed by atoms with E-state index in [1.54, 1.807) is 20.8 Å². The van der Waals surface area contributed by atoms with Crippen LogP contribution in [0.2, 0.25) is 0 Å². The van der Waals surface area contributed by atoms with Gasteiger partial charge >= 0.3 is 12.1 Å². The van der Waals surface area contributed by atoms with E-state index in [4.69, 9.17) is 14.2 Å². The maximum absolute atomic E-state index is 12.5. The van der Waals surface area contributed by atoms with Gasteiger partial charge in [-0.05, 0) is 51.3 Å². The molecule has 166 valence electrons. The SMILES string of the molecule is CCC1(C(=O)O)CN(C(=O)OC(C)(C)C)CCN1CCc1ccc2c(c1)OCCO2. The summed E-state index contributed by atoms with van der Waals surface area (Å²) in [5, 5.41) is 10.1. The number of hydrogen-bond acceptors (Lipinski definition) is 6. The van der Waals surface area contributed by atoms with Gasteiger partial charge in [-0.25, -0.2) is 4.79 Å². The van der Waals surface area contributed by atoms with Gasteiger partial charge in [-0.1, -0.05) is 13.0 Å². The number of carbonyl (C=O) groups excluding carboxylic acids is 1. The lowest BCUT2D eigenvalue weighted by Crippen LogP contribution is -2.67. The van der Waals surface area contributed by atoms with Crippen LogP contribution in [-0.2, 0) is 16.0 Å². The highest BCUT2D eigenvalue weighted by Gasteiger charge is 2.48. The number of rotatable bonds is 5. The number of benzene rings is 1. The summed E-state index contributed by atoms with van der Waals surface area (Å²) >= 11 is 0. The lowest BCUT2D eigenvalue weighted by molar-refractivity contribution is -0.156. The lowest BCUT2D eigenvalue weighted by atomic mass is 9.90. The van der Waals surface area contributed by atoms with Crippen molar-refractivity contribution in [1.29, 1.82) is 0 Å². The molecule has 8 nitrogen and oxygen atoms in total. The maximum Gasteiger partial charge on any atom is 0.410 e. The van der Waals surface area contributed by atoms with Crippen LogP contribution in [0.3, 0.4) is 0 Å². The van der Waals surface area contributed by atoms with Crippen molar-refractivity contribution in [3.05, 3.63) is 23.8 Å². The van der Waals surface area contributed by atoms with Gasteiger partial charge in [0.25, 0.3) is 0 Å². The summed E-state index contributed by atoms with van der Waals surface area (Å²) in [7, 11) is 0. The zero-order valence-corrected chi connectivity index (χ0v) is 18.3. The van der Waals surface area contributed by atoms with E-state index >= 15 is 0 Å². The number of nitrogens with zero attached hydrogens (tertiary/aromatic N) is 2. The van der Waals surface area contributed by atoms with E-state index in [-0.39, 0.29) is 6.54 Å². The molecule has 0 saturated carbocycles. The lowest BCUT2D eigenvalue weighted by Gasteiger charge is -2.47. The second kappa shape index (κ2) is 8.71. The van der Waals surface area contributed by atoms with Crippen molar-refractivity contribution >= 4 is 12.1 Å². The van der Waals surface area contributed by atoms with E-state index in [1.165, 1.54) is 4.90 Å². The summed E-state index contributed by atoms with van der Waals surface area (Å²) in [4.78, 5) is 28.3. The molecule has 0 aliphatic carbocycles. The Morgan fingerprint density at radius 2 is 1.87 bits per heavy atom. The van der Waals surface area contributed by atoms with Crippen LogP contribution in [0, 0.1) is 0 Å².